The zero-order valence-corrected chi connectivity index (χ0v) is 13.8. The maximum atomic E-state index is 6.19. The van der Waals surface area contributed by atoms with E-state index in [9.17, 15) is 0 Å². The molecule has 0 amide bonds. The maximum absolute atomic E-state index is 6.19. The van der Waals surface area contributed by atoms with E-state index in [-0.39, 0.29) is 12.1 Å². The van der Waals surface area contributed by atoms with Gasteiger partial charge in [-0.1, -0.05) is 53.9 Å². The van der Waals surface area contributed by atoms with Crippen molar-refractivity contribution in [1.29, 1.82) is 0 Å². The molecule has 2 aromatic carbocycles. The van der Waals surface area contributed by atoms with Gasteiger partial charge in [-0.3, -0.25) is 0 Å². The molecule has 5 heteroatoms. The topological polar surface area (TPSA) is 35.2 Å². The fraction of sp³-hybridized carbons (Fsp3) is 0.250. The van der Waals surface area contributed by atoms with Gasteiger partial charge in [-0.05, 0) is 36.2 Å². The van der Waals surface area contributed by atoms with E-state index in [1.54, 1.807) is 18.2 Å². The van der Waals surface area contributed by atoms with E-state index in [0.29, 0.717) is 20.8 Å². The van der Waals surface area contributed by atoms with Crippen molar-refractivity contribution in [1.82, 2.24) is 0 Å². The Morgan fingerprint density at radius 3 is 2.43 bits per heavy atom. The Labute approximate surface area is 139 Å². The van der Waals surface area contributed by atoms with Crippen LogP contribution in [-0.4, -0.2) is 6.04 Å². The quantitative estimate of drug-likeness (QED) is 0.776. The van der Waals surface area contributed by atoms with E-state index in [2.05, 4.69) is 0 Å². The molecule has 0 aromatic heterocycles. The first kappa shape index (κ1) is 16.4. The van der Waals surface area contributed by atoms with Gasteiger partial charge < -0.3 is 10.5 Å². The van der Waals surface area contributed by atoms with Gasteiger partial charge in [-0.2, -0.15) is 0 Å². The fourth-order valence-electron chi connectivity index (χ4n) is 2.00. The van der Waals surface area contributed by atoms with Crippen LogP contribution in [0.15, 0.2) is 42.5 Å². The van der Waals surface area contributed by atoms with Crippen molar-refractivity contribution in [3.63, 3.8) is 0 Å². The SMILES string of the molecule is CCC(N)C(Oc1cc(Cl)ccc1Cl)c1cccc(Cl)c1. The first-order valence-electron chi connectivity index (χ1n) is 6.64. The highest BCUT2D eigenvalue weighted by Crippen LogP contribution is 2.33. The predicted molar refractivity (Wildman–Crippen MR) is 89.5 cm³/mol. The number of nitrogens with two attached hydrogens (primary N) is 1. The number of halogens is 3. The third-order valence-corrected chi connectivity index (χ3v) is 3.97. The van der Waals surface area contributed by atoms with Crippen molar-refractivity contribution >= 4 is 34.8 Å². The van der Waals surface area contributed by atoms with Crippen LogP contribution in [0.5, 0.6) is 5.75 Å². The molecular weight excluding hydrogens is 329 g/mol. The molecule has 0 fully saturated rings. The Morgan fingerprint density at radius 2 is 1.76 bits per heavy atom. The highest BCUT2D eigenvalue weighted by molar-refractivity contribution is 6.34. The van der Waals surface area contributed by atoms with E-state index in [4.69, 9.17) is 45.3 Å². The molecule has 0 saturated heterocycles. The highest BCUT2D eigenvalue weighted by atomic mass is 35.5. The second kappa shape index (κ2) is 7.37. The largest absolute Gasteiger partial charge is 0.482 e. The predicted octanol–water partition coefficient (Wildman–Crippen LogP) is 5.50. The Bertz CT molecular complexity index is 618. The number of ether oxygens (including phenoxy) is 1. The van der Waals surface area contributed by atoms with Gasteiger partial charge in [0.05, 0.1) is 5.02 Å². The Kier molecular flexibility index (Phi) is 5.77. The van der Waals surface area contributed by atoms with E-state index in [1.165, 1.54) is 0 Å². The summed E-state index contributed by atoms with van der Waals surface area (Å²) in [5.41, 5.74) is 7.10. The standard InChI is InChI=1S/C16H16Cl3NO/c1-2-14(20)16(10-4-3-5-11(17)8-10)21-15-9-12(18)6-7-13(15)19/h3-9,14,16H,2,20H2,1H3. The molecule has 0 bridgehead atoms. The van der Waals surface area contributed by atoms with E-state index in [1.807, 2.05) is 31.2 Å². The van der Waals surface area contributed by atoms with Crippen LogP contribution in [0.3, 0.4) is 0 Å². The van der Waals surface area contributed by atoms with Gasteiger partial charge in [0, 0.05) is 22.2 Å². The lowest BCUT2D eigenvalue weighted by Gasteiger charge is -2.25. The number of benzene rings is 2. The summed E-state index contributed by atoms with van der Waals surface area (Å²) in [5, 5.41) is 1.70. The molecular formula is C16H16Cl3NO. The molecule has 2 unspecified atom stereocenters. The molecule has 2 aromatic rings. The summed E-state index contributed by atoms with van der Waals surface area (Å²) in [6.45, 7) is 2.01. The zero-order chi connectivity index (χ0) is 15.4. The molecule has 112 valence electrons. The van der Waals surface area contributed by atoms with Crippen LogP contribution in [0.1, 0.15) is 25.0 Å². The average Bonchev–Trinajstić information content (AvgIpc) is 2.47. The molecule has 0 radical (unpaired) electrons. The summed E-state index contributed by atoms with van der Waals surface area (Å²) < 4.78 is 6.02. The van der Waals surface area contributed by atoms with Crippen LogP contribution in [0.4, 0.5) is 0 Å². The van der Waals surface area contributed by atoms with Crippen molar-refractivity contribution in [3.8, 4) is 5.75 Å². The molecule has 0 aliphatic rings. The normalized spacial score (nSPS) is 13.8. The van der Waals surface area contributed by atoms with Crippen LogP contribution in [0.25, 0.3) is 0 Å². The summed E-state index contributed by atoms with van der Waals surface area (Å²) >= 11 is 18.2. The fourth-order valence-corrected chi connectivity index (χ4v) is 2.53. The van der Waals surface area contributed by atoms with Gasteiger partial charge in [0.1, 0.15) is 11.9 Å². The monoisotopic (exact) mass is 343 g/mol. The lowest BCUT2D eigenvalue weighted by Crippen LogP contribution is -2.31. The second-order valence-corrected chi connectivity index (χ2v) is 6.02. The molecule has 0 aliphatic carbocycles. The van der Waals surface area contributed by atoms with Gasteiger partial charge in [-0.15, -0.1) is 0 Å². The van der Waals surface area contributed by atoms with Gasteiger partial charge >= 0.3 is 0 Å². The lowest BCUT2D eigenvalue weighted by molar-refractivity contribution is 0.171. The van der Waals surface area contributed by atoms with Crippen LogP contribution in [0, 0.1) is 0 Å². The Morgan fingerprint density at radius 1 is 1.05 bits per heavy atom. The van der Waals surface area contributed by atoms with Crippen molar-refractivity contribution in [2.45, 2.75) is 25.5 Å². The van der Waals surface area contributed by atoms with Gasteiger partial charge in [0.2, 0.25) is 0 Å². The third kappa shape index (κ3) is 4.27. The molecule has 0 aliphatic heterocycles. The average molecular weight is 345 g/mol. The minimum atomic E-state index is -0.343. The summed E-state index contributed by atoms with van der Waals surface area (Å²) in [4.78, 5) is 0. The molecule has 2 N–H and O–H groups in total. The van der Waals surface area contributed by atoms with Gasteiger partial charge in [0.25, 0.3) is 0 Å². The summed E-state index contributed by atoms with van der Waals surface area (Å²) in [7, 11) is 0. The van der Waals surface area contributed by atoms with E-state index >= 15 is 0 Å². The Hall–Kier alpha value is -0.930. The minimum absolute atomic E-state index is 0.182. The van der Waals surface area contributed by atoms with Crippen LogP contribution in [-0.2, 0) is 0 Å². The van der Waals surface area contributed by atoms with Crippen molar-refractivity contribution in [2.24, 2.45) is 5.73 Å². The zero-order valence-electron chi connectivity index (χ0n) is 11.5. The number of hydrogen-bond donors (Lipinski definition) is 1. The summed E-state index contributed by atoms with van der Waals surface area (Å²) in [6, 6.07) is 12.4. The first-order valence-corrected chi connectivity index (χ1v) is 7.77. The van der Waals surface area contributed by atoms with Crippen molar-refractivity contribution < 1.29 is 4.74 Å². The molecule has 0 spiro atoms. The smallest absolute Gasteiger partial charge is 0.140 e. The summed E-state index contributed by atoms with van der Waals surface area (Å²) in [6.07, 6.45) is 0.416. The highest BCUT2D eigenvalue weighted by Gasteiger charge is 2.22. The molecule has 0 heterocycles. The van der Waals surface area contributed by atoms with Crippen LogP contribution < -0.4 is 10.5 Å². The van der Waals surface area contributed by atoms with Crippen molar-refractivity contribution in [3.05, 3.63) is 63.1 Å². The maximum Gasteiger partial charge on any atom is 0.140 e. The first-order chi connectivity index (χ1) is 10.0. The summed E-state index contributed by atoms with van der Waals surface area (Å²) in [5.74, 6) is 0.512. The third-order valence-electron chi connectivity index (χ3n) is 3.18. The minimum Gasteiger partial charge on any atom is -0.482 e. The van der Waals surface area contributed by atoms with Crippen LogP contribution in [0.2, 0.25) is 15.1 Å². The molecule has 21 heavy (non-hydrogen) atoms. The Balaban J connectivity index is 2.35. The van der Waals surface area contributed by atoms with E-state index < -0.39 is 0 Å². The number of hydrogen-bond acceptors (Lipinski definition) is 2. The number of rotatable bonds is 5. The molecule has 2 nitrogen and oxygen atoms in total. The van der Waals surface area contributed by atoms with Crippen LogP contribution >= 0.6 is 34.8 Å². The molecule has 0 saturated carbocycles. The van der Waals surface area contributed by atoms with Gasteiger partial charge in [0.15, 0.2) is 0 Å². The van der Waals surface area contributed by atoms with E-state index in [0.717, 1.165) is 12.0 Å². The molecule has 2 atom stereocenters. The lowest BCUT2D eigenvalue weighted by atomic mass is 10.0. The second-order valence-electron chi connectivity index (χ2n) is 4.74. The van der Waals surface area contributed by atoms with Gasteiger partial charge in [-0.25, -0.2) is 0 Å². The van der Waals surface area contributed by atoms with Crippen molar-refractivity contribution in [2.75, 3.05) is 0 Å². The molecule has 2 rings (SSSR count).